The molecule has 0 bridgehead atoms. The Bertz CT molecular complexity index is 2280. The Morgan fingerprint density at radius 2 is 0.962 bits per heavy atom. The molecule has 266 valence electrons. The summed E-state index contributed by atoms with van der Waals surface area (Å²) in [5, 5.41) is 20.4. The van der Waals surface area contributed by atoms with E-state index in [2.05, 4.69) is 0 Å². The molecule has 6 N–H and O–H groups in total. The van der Waals surface area contributed by atoms with Crippen molar-refractivity contribution in [2.45, 2.75) is 13.1 Å². The van der Waals surface area contributed by atoms with Gasteiger partial charge in [0, 0.05) is 24.2 Å². The first kappa shape index (κ1) is 34.8. The van der Waals surface area contributed by atoms with Gasteiger partial charge < -0.3 is 49.8 Å². The maximum atomic E-state index is 12.5. The van der Waals surface area contributed by atoms with E-state index in [4.69, 9.17) is 40.4 Å². The minimum Gasteiger partial charge on any atom is -0.497 e. The number of ether oxygens (including phenoxy) is 4. The molecule has 0 spiro atoms. The van der Waals surface area contributed by atoms with Gasteiger partial charge in [-0.15, -0.1) is 0 Å². The molecule has 0 aliphatic carbocycles. The number of fused-ring (bicyclic) bond motifs is 2. The van der Waals surface area contributed by atoms with Crippen LogP contribution in [0.2, 0.25) is 0 Å². The molecule has 16 nitrogen and oxygen atoms in total. The van der Waals surface area contributed by atoms with E-state index in [-0.39, 0.29) is 80.7 Å². The molecule has 0 saturated carbocycles. The molecule has 0 atom stereocenters. The van der Waals surface area contributed by atoms with E-state index >= 15 is 0 Å². The standard InChI is InChI=1S/C36H32N6O10/c1-49-17-5-7-19(23(15-17)35(45)46)33-39-27-25(11-9-21(31(37)43)29(27)51-3)41(33)13-14-42-26-12-10-22(32(38)44)30(52-4)28(26)40-34(42)20-8-6-18(50-2)16-24(20)36(47)48/h5-12,15-16H,13-14H2,1-4H3,(H2,37,43)(H2,38,44)(H,45,46)(H,47,48). The average molecular weight is 709 g/mol. The van der Waals surface area contributed by atoms with Gasteiger partial charge in [-0.1, -0.05) is 0 Å². The third-order valence-electron chi connectivity index (χ3n) is 8.63. The molecule has 16 heteroatoms. The third-order valence-corrected chi connectivity index (χ3v) is 8.63. The van der Waals surface area contributed by atoms with Crippen molar-refractivity contribution >= 4 is 45.8 Å². The van der Waals surface area contributed by atoms with Crippen molar-refractivity contribution in [1.29, 1.82) is 0 Å². The summed E-state index contributed by atoms with van der Waals surface area (Å²) in [6.45, 7) is 0.180. The molecule has 0 unspecified atom stereocenters. The zero-order valence-electron chi connectivity index (χ0n) is 28.3. The van der Waals surface area contributed by atoms with Gasteiger partial charge in [0.05, 0.1) is 61.7 Å². The summed E-state index contributed by atoms with van der Waals surface area (Å²) in [5.41, 5.74) is 13.1. The average Bonchev–Trinajstić information content (AvgIpc) is 3.70. The lowest BCUT2D eigenvalue weighted by Gasteiger charge is -2.16. The summed E-state index contributed by atoms with van der Waals surface area (Å²) < 4.78 is 25.2. The van der Waals surface area contributed by atoms with Crippen LogP contribution >= 0.6 is 0 Å². The summed E-state index contributed by atoms with van der Waals surface area (Å²) >= 11 is 0. The maximum Gasteiger partial charge on any atom is 0.336 e. The van der Waals surface area contributed by atoms with Crippen molar-refractivity contribution in [3.63, 3.8) is 0 Å². The number of imidazole rings is 2. The fourth-order valence-electron chi connectivity index (χ4n) is 6.24. The van der Waals surface area contributed by atoms with Crippen molar-refractivity contribution in [1.82, 2.24) is 19.1 Å². The lowest BCUT2D eigenvalue weighted by Crippen LogP contribution is -2.14. The zero-order chi connectivity index (χ0) is 37.4. The maximum absolute atomic E-state index is 12.5. The zero-order valence-corrected chi connectivity index (χ0v) is 28.3. The van der Waals surface area contributed by atoms with E-state index < -0.39 is 23.8 Å². The van der Waals surface area contributed by atoms with Gasteiger partial charge in [-0.25, -0.2) is 19.6 Å². The number of carboxylic acid groups (broad SMARTS) is 2. The fraction of sp³-hybridized carbons (Fsp3) is 0.167. The second-order valence-corrected chi connectivity index (χ2v) is 11.4. The number of aryl methyl sites for hydroxylation is 2. The van der Waals surface area contributed by atoms with E-state index in [1.165, 1.54) is 52.7 Å². The molecule has 0 aliphatic rings. The van der Waals surface area contributed by atoms with Crippen LogP contribution in [0.4, 0.5) is 0 Å². The highest BCUT2D eigenvalue weighted by molar-refractivity contribution is 6.04. The number of carbonyl (C=O) groups is 4. The number of aromatic carboxylic acids is 2. The smallest absolute Gasteiger partial charge is 0.336 e. The van der Waals surface area contributed by atoms with Gasteiger partial charge in [0.25, 0.3) is 11.8 Å². The van der Waals surface area contributed by atoms with Crippen LogP contribution in [0.3, 0.4) is 0 Å². The molecule has 2 amide bonds. The lowest BCUT2D eigenvalue weighted by molar-refractivity contribution is 0.0686. The first-order chi connectivity index (χ1) is 24.9. The van der Waals surface area contributed by atoms with Crippen LogP contribution < -0.4 is 30.4 Å². The molecule has 0 fully saturated rings. The Kier molecular flexibility index (Phi) is 9.13. The van der Waals surface area contributed by atoms with Crippen LogP contribution in [-0.2, 0) is 13.1 Å². The number of hydrogen-bond acceptors (Lipinski definition) is 10. The Hall–Kier alpha value is -7.10. The minimum absolute atomic E-state index is 0.0698. The Morgan fingerprint density at radius 1 is 0.577 bits per heavy atom. The van der Waals surface area contributed by atoms with E-state index in [0.29, 0.717) is 22.5 Å². The normalized spacial score (nSPS) is 11.1. The number of hydrogen-bond donors (Lipinski definition) is 4. The Morgan fingerprint density at radius 3 is 1.27 bits per heavy atom. The van der Waals surface area contributed by atoms with E-state index in [1.54, 1.807) is 45.5 Å². The van der Waals surface area contributed by atoms with Crippen molar-refractivity contribution in [2.75, 3.05) is 28.4 Å². The number of primary amides is 2. The number of aromatic nitrogens is 4. The summed E-state index contributed by atoms with van der Waals surface area (Å²) in [5.74, 6) is -2.74. The number of benzene rings is 4. The van der Waals surface area contributed by atoms with E-state index in [9.17, 15) is 29.4 Å². The second-order valence-electron chi connectivity index (χ2n) is 11.4. The molecule has 0 radical (unpaired) electrons. The molecule has 6 aromatic rings. The van der Waals surface area contributed by atoms with Gasteiger partial charge >= 0.3 is 11.9 Å². The monoisotopic (exact) mass is 708 g/mol. The van der Waals surface area contributed by atoms with Crippen molar-refractivity contribution < 1.29 is 48.3 Å². The fourth-order valence-corrected chi connectivity index (χ4v) is 6.24. The van der Waals surface area contributed by atoms with E-state index in [0.717, 1.165) is 0 Å². The molecule has 6 rings (SSSR count). The molecule has 2 aromatic heterocycles. The SMILES string of the molecule is COc1ccc(-c2nc3c(OC)c(C(N)=O)ccc3n2CCn2c(-c3ccc(OC)cc3C(=O)O)nc3c(OC)c(C(N)=O)ccc32)c(C(=O)O)c1. The molecule has 52 heavy (non-hydrogen) atoms. The highest BCUT2D eigenvalue weighted by Gasteiger charge is 2.27. The van der Waals surface area contributed by atoms with Gasteiger partial charge in [-0.05, 0) is 60.7 Å². The highest BCUT2D eigenvalue weighted by Crippen LogP contribution is 2.38. The van der Waals surface area contributed by atoms with Crippen molar-refractivity contribution in [2.24, 2.45) is 11.5 Å². The predicted molar refractivity (Wildman–Crippen MR) is 188 cm³/mol. The second kappa shape index (κ2) is 13.7. The lowest BCUT2D eigenvalue weighted by atomic mass is 10.1. The van der Waals surface area contributed by atoms with Gasteiger partial charge in [0.1, 0.15) is 34.2 Å². The van der Waals surface area contributed by atoms with Crippen molar-refractivity contribution in [3.8, 4) is 45.8 Å². The predicted octanol–water partition coefficient (Wildman–Crippen LogP) is 4.05. The quantitative estimate of drug-likeness (QED) is 0.133. The number of rotatable bonds is 13. The van der Waals surface area contributed by atoms with Crippen molar-refractivity contribution in [3.05, 3.63) is 82.9 Å². The number of amides is 2. The van der Waals surface area contributed by atoms with Crippen LogP contribution in [0.25, 0.3) is 44.8 Å². The summed E-state index contributed by atoms with van der Waals surface area (Å²) in [6.07, 6.45) is 0. The largest absolute Gasteiger partial charge is 0.497 e. The molecular formula is C36H32N6O10. The number of carbonyl (C=O) groups excluding carboxylic acids is 2. The summed E-state index contributed by atoms with van der Waals surface area (Å²) in [6, 6.07) is 15.3. The molecule has 2 heterocycles. The first-order valence-electron chi connectivity index (χ1n) is 15.5. The molecular weight excluding hydrogens is 676 g/mol. The van der Waals surface area contributed by atoms with E-state index in [1.807, 2.05) is 0 Å². The molecule has 0 saturated heterocycles. The number of nitrogens with zero attached hydrogens (tertiary/aromatic N) is 4. The van der Waals surface area contributed by atoms with Gasteiger partial charge in [-0.3, -0.25) is 9.59 Å². The third kappa shape index (κ3) is 5.81. The molecule has 4 aromatic carbocycles. The van der Waals surface area contributed by atoms with Crippen LogP contribution in [0, 0.1) is 0 Å². The Balaban J connectivity index is 1.63. The van der Waals surface area contributed by atoms with Crippen LogP contribution in [-0.4, -0.2) is 81.5 Å². The number of carboxylic acids is 2. The summed E-state index contributed by atoms with van der Waals surface area (Å²) in [4.78, 5) is 59.3. The highest BCUT2D eigenvalue weighted by atomic mass is 16.5. The number of methoxy groups -OCH3 is 4. The van der Waals surface area contributed by atoms with Crippen LogP contribution in [0.15, 0.2) is 60.7 Å². The van der Waals surface area contributed by atoms with Gasteiger partial charge in [0.2, 0.25) is 0 Å². The topological polar surface area (TPSA) is 233 Å². The van der Waals surface area contributed by atoms with Crippen LogP contribution in [0.1, 0.15) is 41.4 Å². The van der Waals surface area contributed by atoms with Gasteiger partial charge in [-0.2, -0.15) is 0 Å². The first-order valence-corrected chi connectivity index (χ1v) is 15.5. The number of nitrogens with two attached hydrogens (primary N) is 2. The van der Waals surface area contributed by atoms with Gasteiger partial charge in [0.15, 0.2) is 11.5 Å². The summed E-state index contributed by atoms with van der Waals surface area (Å²) in [7, 11) is 5.56. The van der Waals surface area contributed by atoms with Crippen LogP contribution in [0.5, 0.6) is 23.0 Å². The molecule has 0 aliphatic heterocycles. The Labute approximate surface area is 294 Å². The minimum atomic E-state index is -1.24.